The minimum Gasteiger partial charge on any atom is -0.386 e. The molecule has 7 heteroatoms. The summed E-state index contributed by atoms with van der Waals surface area (Å²) >= 11 is 0. The predicted octanol–water partition coefficient (Wildman–Crippen LogP) is 1.54. The number of rotatable bonds is 2. The summed E-state index contributed by atoms with van der Waals surface area (Å²) in [6.45, 7) is 1.61. The van der Waals surface area contributed by atoms with Crippen molar-refractivity contribution in [1.82, 2.24) is 9.88 Å². The third-order valence-electron chi connectivity index (χ3n) is 5.34. The zero-order chi connectivity index (χ0) is 16.3. The van der Waals surface area contributed by atoms with Gasteiger partial charge < -0.3 is 26.7 Å². The average molecular weight is 316 g/mol. The first-order valence-corrected chi connectivity index (χ1v) is 7.87. The first-order chi connectivity index (χ1) is 11.0. The Balaban J connectivity index is 1.75. The molecule has 2 aliphatic rings. The highest BCUT2D eigenvalue weighted by atomic mass is 19.1. The Labute approximate surface area is 133 Å². The van der Waals surface area contributed by atoms with Crippen molar-refractivity contribution < 1.29 is 4.39 Å². The van der Waals surface area contributed by atoms with Gasteiger partial charge in [0, 0.05) is 31.6 Å². The first kappa shape index (κ1) is 14.3. The van der Waals surface area contributed by atoms with Crippen LogP contribution < -0.4 is 16.8 Å². The lowest BCUT2D eigenvalue weighted by Crippen LogP contribution is -2.46. The van der Waals surface area contributed by atoms with Gasteiger partial charge in [-0.15, -0.1) is 0 Å². The van der Waals surface area contributed by atoms with Gasteiger partial charge in [-0.2, -0.15) is 0 Å². The van der Waals surface area contributed by atoms with E-state index in [1.54, 1.807) is 7.05 Å². The number of nitrogens with one attached hydrogen (secondary N) is 3. The molecule has 0 radical (unpaired) electrons. The number of nitrogens with two attached hydrogens (primary N) is 2. The maximum atomic E-state index is 13.9. The number of benzene rings is 1. The number of likely N-dealkylation sites (tertiary alicyclic amines) is 1. The number of hydrogen-bond acceptors (Lipinski definition) is 4. The summed E-state index contributed by atoms with van der Waals surface area (Å²) < 4.78 is 13.9. The van der Waals surface area contributed by atoms with Crippen LogP contribution in [0, 0.1) is 23.1 Å². The van der Waals surface area contributed by atoms with Gasteiger partial charge in [-0.3, -0.25) is 5.41 Å². The monoisotopic (exact) mass is 316 g/mol. The number of aromatic amines is 1. The van der Waals surface area contributed by atoms with Gasteiger partial charge in [-0.1, -0.05) is 0 Å². The highest BCUT2D eigenvalue weighted by Crippen LogP contribution is 2.41. The maximum Gasteiger partial charge on any atom is 0.132 e. The Kier molecular flexibility index (Phi) is 3.02. The molecule has 7 N–H and O–H groups in total. The van der Waals surface area contributed by atoms with Crippen molar-refractivity contribution in [3.05, 3.63) is 23.5 Å². The molecule has 1 saturated carbocycles. The number of hydrogen-bond donors (Lipinski definition) is 5. The zero-order valence-corrected chi connectivity index (χ0v) is 13.0. The Morgan fingerprint density at radius 2 is 2.22 bits per heavy atom. The molecule has 1 aromatic carbocycles. The second-order valence-electron chi connectivity index (χ2n) is 6.62. The maximum absolute atomic E-state index is 13.9. The topological polar surface area (TPSA) is 107 Å². The number of fused-ring (bicyclic) bond motifs is 2. The lowest BCUT2D eigenvalue weighted by Gasteiger charge is -2.36. The molecule has 0 bridgehead atoms. The minimum absolute atomic E-state index is 0.242. The Hall–Kier alpha value is -2.28. The number of nitrogens with zero attached hydrogens (tertiary/aromatic N) is 1. The van der Waals surface area contributed by atoms with Crippen LogP contribution in [-0.4, -0.2) is 41.9 Å². The lowest BCUT2D eigenvalue weighted by molar-refractivity contribution is 0.194. The summed E-state index contributed by atoms with van der Waals surface area (Å²) in [7, 11) is 1.73. The van der Waals surface area contributed by atoms with Gasteiger partial charge in [0.1, 0.15) is 17.5 Å². The quantitative estimate of drug-likeness (QED) is 0.428. The number of aromatic nitrogens is 1. The fourth-order valence-corrected chi connectivity index (χ4v) is 4.03. The van der Waals surface area contributed by atoms with Crippen LogP contribution in [0.1, 0.15) is 12.0 Å². The van der Waals surface area contributed by atoms with Crippen molar-refractivity contribution in [2.45, 2.75) is 12.5 Å². The molecule has 6 nitrogen and oxygen atoms in total. The minimum atomic E-state index is -0.349. The van der Waals surface area contributed by atoms with Crippen molar-refractivity contribution in [3.8, 4) is 0 Å². The fraction of sp³-hybridized carbons (Fsp3) is 0.438. The molecule has 4 rings (SSSR count). The summed E-state index contributed by atoms with van der Waals surface area (Å²) in [6, 6.07) is 3.09. The van der Waals surface area contributed by atoms with Crippen molar-refractivity contribution >= 4 is 28.2 Å². The van der Waals surface area contributed by atoms with Crippen LogP contribution in [0.15, 0.2) is 12.1 Å². The van der Waals surface area contributed by atoms with Crippen LogP contribution in [0.2, 0.25) is 0 Å². The van der Waals surface area contributed by atoms with Crippen LogP contribution in [0.25, 0.3) is 10.9 Å². The van der Waals surface area contributed by atoms with Crippen molar-refractivity contribution in [2.75, 3.05) is 31.2 Å². The van der Waals surface area contributed by atoms with E-state index in [0.29, 0.717) is 40.1 Å². The molecule has 23 heavy (non-hydrogen) atoms. The number of anilines is 2. The molecule has 1 aliphatic carbocycles. The Bertz CT molecular complexity index is 797. The van der Waals surface area contributed by atoms with E-state index in [2.05, 4.69) is 10.3 Å². The average Bonchev–Trinajstić information content (AvgIpc) is 3.02. The van der Waals surface area contributed by atoms with E-state index in [9.17, 15) is 4.39 Å². The summed E-state index contributed by atoms with van der Waals surface area (Å²) in [6.07, 6.45) is 1.02. The van der Waals surface area contributed by atoms with E-state index in [4.69, 9.17) is 16.9 Å². The summed E-state index contributed by atoms with van der Waals surface area (Å²) in [5, 5.41) is 12.2. The third kappa shape index (κ3) is 1.99. The number of nitrogen functional groups attached to an aromatic ring is 1. The van der Waals surface area contributed by atoms with E-state index < -0.39 is 0 Å². The molecular formula is C16H21FN6. The fourth-order valence-electron chi connectivity index (χ4n) is 4.03. The molecule has 2 heterocycles. The van der Waals surface area contributed by atoms with Crippen molar-refractivity contribution in [1.29, 1.82) is 5.41 Å². The van der Waals surface area contributed by atoms with Crippen LogP contribution in [0.5, 0.6) is 0 Å². The molecule has 1 aliphatic heterocycles. The SMILES string of the molecule is CNc1cc(F)cc2c(C(=N)N3CC4C[C@@H](N)C4C3)c(N)[nH]c12. The molecule has 3 atom stereocenters. The molecule has 2 fully saturated rings. The predicted molar refractivity (Wildman–Crippen MR) is 90.2 cm³/mol. The van der Waals surface area contributed by atoms with Crippen LogP contribution >= 0.6 is 0 Å². The highest BCUT2D eigenvalue weighted by Gasteiger charge is 2.46. The Morgan fingerprint density at radius 3 is 2.87 bits per heavy atom. The normalized spacial score (nSPS) is 26.2. The lowest BCUT2D eigenvalue weighted by atomic mass is 9.72. The van der Waals surface area contributed by atoms with Crippen molar-refractivity contribution in [2.24, 2.45) is 17.6 Å². The smallest absolute Gasteiger partial charge is 0.132 e. The van der Waals surface area contributed by atoms with Crippen molar-refractivity contribution in [3.63, 3.8) is 0 Å². The highest BCUT2D eigenvalue weighted by molar-refractivity contribution is 6.14. The number of amidine groups is 1. The second kappa shape index (κ2) is 4.86. The van der Waals surface area contributed by atoms with Gasteiger partial charge in [0.25, 0.3) is 0 Å². The number of halogens is 1. The second-order valence-corrected chi connectivity index (χ2v) is 6.62. The summed E-state index contributed by atoms with van der Waals surface area (Å²) in [5.74, 6) is 1.44. The largest absolute Gasteiger partial charge is 0.386 e. The van der Waals surface area contributed by atoms with E-state index in [1.165, 1.54) is 12.1 Å². The van der Waals surface area contributed by atoms with Crippen LogP contribution in [0.3, 0.4) is 0 Å². The van der Waals surface area contributed by atoms with E-state index >= 15 is 0 Å². The van der Waals surface area contributed by atoms with Gasteiger partial charge >= 0.3 is 0 Å². The van der Waals surface area contributed by atoms with E-state index in [0.717, 1.165) is 25.0 Å². The molecule has 1 aromatic heterocycles. The zero-order valence-electron chi connectivity index (χ0n) is 13.0. The molecule has 1 saturated heterocycles. The summed E-state index contributed by atoms with van der Waals surface area (Å²) in [5.41, 5.74) is 14.1. The summed E-state index contributed by atoms with van der Waals surface area (Å²) in [4.78, 5) is 5.10. The van der Waals surface area contributed by atoms with E-state index in [-0.39, 0.29) is 11.9 Å². The van der Waals surface area contributed by atoms with Crippen LogP contribution in [-0.2, 0) is 0 Å². The molecule has 2 aromatic rings. The Morgan fingerprint density at radius 1 is 1.43 bits per heavy atom. The molecule has 122 valence electrons. The van der Waals surface area contributed by atoms with Gasteiger partial charge in [-0.05, 0) is 30.4 Å². The first-order valence-electron chi connectivity index (χ1n) is 7.87. The molecule has 0 spiro atoms. The van der Waals surface area contributed by atoms with Crippen LogP contribution in [0.4, 0.5) is 15.9 Å². The third-order valence-corrected chi connectivity index (χ3v) is 5.34. The molecule has 0 amide bonds. The molecular weight excluding hydrogens is 295 g/mol. The van der Waals surface area contributed by atoms with E-state index in [1.807, 2.05) is 4.90 Å². The number of H-pyrrole nitrogens is 1. The van der Waals surface area contributed by atoms with Gasteiger partial charge in [-0.25, -0.2) is 4.39 Å². The van der Waals surface area contributed by atoms with Gasteiger partial charge in [0.15, 0.2) is 0 Å². The standard InChI is InChI=1S/C16H21FN6/c1-21-12-4-8(17)3-9-13(15(19)22-14(9)12)16(20)23-5-7-2-11(18)10(7)6-23/h3-4,7,10-11,20-22H,2,5-6,18-19H2,1H3/t7?,10?,11-/m1/s1. The van der Waals surface area contributed by atoms with Gasteiger partial charge in [0.2, 0.25) is 0 Å². The van der Waals surface area contributed by atoms with Gasteiger partial charge in [0.05, 0.1) is 16.8 Å². The molecule has 2 unspecified atom stereocenters.